The maximum absolute atomic E-state index is 13.6. The molecule has 0 radical (unpaired) electrons. The van der Waals surface area contributed by atoms with Gasteiger partial charge in [-0.25, -0.2) is 9.59 Å². The average Bonchev–Trinajstić information content (AvgIpc) is 1.54. The topological polar surface area (TPSA) is 239 Å². The van der Waals surface area contributed by atoms with E-state index in [1.54, 1.807) is 101 Å². The largest absolute Gasteiger partial charge is 0.489 e. The number of methoxy groups -OCH3 is 1. The Bertz CT molecular complexity index is 5540. The predicted molar refractivity (Wildman–Crippen MR) is 411 cm³/mol. The molecule has 25 heteroatoms. The first-order valence-corrected chi connectivity index (χ1v) is 38.2. The molecule has 0 unspecified atom stereocenters. The second kappa shape index (κ2) is 27.5. The number of anilines is 5. The molecule has 9 aliphatic rings. The number of carboxylic acids is 1. The number of aromatic nitrogens is 3. The van der Waals surface area contributed by atoms with Gasteiger partial charge in [-0.3, -0.25) is 24.2 Å². The molecule has 6 saturated carbocycles. The molecule has 3 spiro atoms. The van der Waals surface area contributed by atoms with Crippen LogP contribution in [0.4, 0.5) is 28.4 Å². The Kier molecular flexibility index (Phi) is 17.8. The van der Waals surface area contributed by atoms with Crippen molar-refractivity contribution in [3.8, 4) is 51.0 Å². The zero-order valence-electron chi connectivity index (χ0n) is 58.2. The Morgan fingerprint density at radius 3 is 1.13 bits per heavy atom. The van der Waals surface area contributed by atoms with Crippen LogP contribution in [0.3, 0.4) is 0 Å². The molecule has 3 aliphatic heterocycles. The second-order valence-electron chi connectivity index (χ2n) is 29.0. The first kappa shape index (κ1) is 70.5. The highest BCUT2D eigenvalue weighted by Gasteiger charge is 2.61. The standard InChI is InChI=1S/C31H24Cl2N2O5.C30H22Cl2N2O5.C23H18Cl2N2O3/c1-38-29(36)18-7-9-19(10-8-18)35-25-15-20(11-12-22(25)31(13-14-31)30(35)37)39-16-21-27(34-40-28(21)17-5-6-17)26-23(32)3-2-4-24(26)33;31-22-2-1-3-23(32)25(22)26-20(27(39-33-26)16-4-5-16)15-38-19-10-11-21-24(14-19)34(29(37)30(21)12-13-30)18-8-6-17(7-9-18)28(35)36;24-16-2-1-3-17(25)19(16)20-14(21(30-27-20)12-4-5-12)11-29-13-6-7-15-18(10-13)26-22(28)23(15)8-9-23/h2-4,7-12,15,17H,5-6,13-14,16H2,1H3;1-3,6-11,14,16H,4-5,12-13,15H2,(H,35,36);1-3,6-7,10,12H,4-5,8-9,11H2,(H,26,28). The van der Waals surface area contributed by atoms with Crippen molar-refractivity contribution >= 4 is 128 Å². The second-order valence-corrected chi connectivity index (χ2v) is 31.5. The van der Waals surface area contributed by atoms with E-state index in [9.17, 15) is 29.1 Å². The van der Waals surface area contributed by atoms with Crippen molar-refractivity contribution in [3.63, 3.8) is 0 Å². The molecule has 0 bridgehead atoms. The molecule has 550 valence electrons. The van der Waals surface area contributed by atoms with E-state index in [-0.39, 0.29) is 48.5 Å². The first-order chi connectivity index (χ1) is 52.8. The van der Waals surface area contributed by atoms with Crippen LogP contribution < -0.4 is 29.3 Å². The normalized spacial score (nSPS) is 17.3. The van der Waals surface area contributed by atoms with Crippen molar-refractivity contribution in [2.24, 2.45) is 0 Å². The minimum absolute atomic E-state index is 0.00317. The van der Waals surface area contributed by atoms with Gasteiger partial charge in [0.2, 0.25) is 17.7 Å². The van der Waals surface area contributed by atoms with Gasteiger partial charge in [0, 0.05) is 69.7 Å². The average molecular weight is 1580 g/mol. The summed E-state index contributed by atoms with van der Waals surface area (Å²) in [6.07, 6.45) is 11.3. The molecule has 6 heterocycles. The molecular weight excluding hydrogens is 1510 g/mol. The lowest BCUT2D eigenvalue weighted by atomic mass is 9.98. The number of nitrogens with zero attached hydrogens (tertiary/aromatic N) is 5. The fourth-order valence-corrected chi connectivity index (χ4v) is 17.1. The number of hydrogen-bond donors (Lipinski definition) is 2. The van der Waals surface area contributed by atoms with E-state index in [2.05, 4.69) is 20.8 Å². The van der Waals surface area contributed by atoms with Crippen LogP contribution in [0.1, 0.15) is 166 Å². The summed E-state index contributed by atoms with van der Waals surface area (Å²) in [7, 11) is 1.34. The number of carbonyl (C=O) groups excluding carboxylic acids is 4. The van der Waals surface area contributed by atoms with Crippen molar-refractivity contribution in [2.45, 2.75) is 131 Å². The van der Waals surface area contributed by atoms with Crippen molar-refractivity contribution in [3.05, 3.63) is 250 Å². The number of halogens is 6. The van der Waals surface area contributed by atoms with Gasteiger partial charge < -0.3 is 42.9 Å². The summed E-state index contributed by atoms with van der Waals surface area (Å²) >= 11 is 38.8. The van der Waals surface area contributed by atoms with Crippen LogP contribution in [-0.4, -0.2) is 57.3 Å². The molecule has 8 aromatic carbocycles. The molecule has 6 fully saturated rings. The van der Waals surface area contributed by atoms with Crippen molar-refractivity contribution in [2.75, 3.05) is 22.2 Å². The van der Waals surface area contributed by atoms with Gasteiger partial charge in [-0.1, -0.05) is 121 Å². The molecule has 20 rings (SSSR count). The fraction of sp³-hybridized carbons (Fsp3) is 0.262. The number of benzene rings is 8. The summed E-state index contributed by atoms with van der Waals surface area (Å²) in [6, 6.07) is 46.6. The van der Waals surface area contributed by atoms with Gasteiger partial charge in [0.05, 0.1) is 92.7 Å². The molecule has 19 nitrogen and oxygen atoms in total. The van der Waals surface area contributed by atoms with E-state index in [1.165, 1.54) is 19.2 Å². The van der Waals surface area contributed by atoms with Crippen LogP contribution in [-0.2, 0) is 55.2 Å². The molecule has 3 aromatic heterocycles. The van der Waals surface area contributed by atoms with Gasteiger partial charge >= 0.3 is 11.9 Å². The quantitative estimate of drug-likeness (QED) is 0.0716. The SMILES string of the molecule is COC(=O)c1ccc(N2C(=O)C3(CC3)c3ccc(OCc4c(-c5c(Cl)cccc5Cl)noc4C4CC4)cc32)cc1.O=C(O)c1ccc(N2C(=O)C3(CC3)c3ccc(OCc4c(-c5c(Cl)cccc5Cl)noc4C4CC4)cc32)cc1.O=C1Nc2cc(OCc3c(-c4c(Cl)cccc4Cl)noc3C3CC3)ccc2C12CC2. The Labute approximate surface area is 654 Å². The van der Waals surface area contributed by atoms with Gasteiger partial charge in [0.15, 0.2) is 0 Å². The number of carboxylic acid groups (broad SMARTS) is 1. The third-order valence-corrected chi connectivity index (χ3v) is 24.0. The van der Waals surface area contributed by atoms with Crippen LogP contribution in [0.2, 0.25) is 30.1 Å². The van der Waals surface area contributed by atoms with E-state index in [1.807, 2.05) is 54.6 Å². The van der Waals surface area contributed by atoms with Gasteiger partial charge in [-0.05, 0) is 197 Å². The number of esters is 1. The number of amides is 3. The predicted octanol–water partition coefficient (Wildman–Crippen LogP) is 21.2. The van der Waals surface area contributed by atoms with E-state index in [0.29, 0.717) is 116 Å². The van der Waals surface area contributed by atoms with Crippen LogP contribution >= 0.6 is 69.6 Å². The van der Waals surface area contributed by atoms with Crippen molar-refractivity contribution in [1.29, 1.82) is 0 Å². The van der Waals surface area contributed by atoms with Crippen LogP contribution in [0, 0.1) is 0 Å². The van der Waals surface area contributed by atoms with Crippen LogP contribution in [0.25, 0.3) is 33.8 Å². The Morgan fingerprint density at radius 2 is 0.798 bits per heavy atom. The number of ether oxygens (including phenoxy) is 4. The van der Waals surface area contributed by atoms with E-state index < -0.39 is 22.8 Å². The Balaban J connectivity index is 0.000000116. The molecule has 6 aliphatic carbocycles. The molecule has 11 aromatic rings. The lowest BCUT2D eigenvalue weighted by molar-refractivity contribution is -0.120. The highest BCUT2D eigenvalue weighted by Crippen LogP contribution is 2.62. The monoisotopic (exact) mass is 1570 g/mol. The summed E-state index contributed by atoms with van der Waals surface area (Å²) in [5, 5.41) is 28.2. The maximum atomic E-state index is 13.6. The highest BCUT2D eigenvalue weighted by molar-refractivity contribution is 6.40. The Morgan fingerprint density at radius 1 is 0.459 bits per heavy atom. The van der Waals surface area contributed by atoms with Gasteiger partial charge in [0.25, 0.3) is 0 Å². The smallest absolute Gasteiger partial charge is 0.337 e. The summed E-state index contributed by atoms with van der Waals surface area (Å²) in [6.45, 7) is 0.680. The number of rotatable bonds is 19. The molecule has 109 heavy (non-hydrogen) atoms. The Hall–Kier alpha value is -10.1. The number of nitrogens with one attached hydrogen (secondary N) is 1. The number of hydrogen-bond acceptors (Lipinski definition) is 15. The summed E-state index contributed by atoms with van der Waals surface area (Å²) in [5.41, 5.74) is 12.2. The highest BCUT2D eigenvalue weighted by atomic mass is 35.5. The van der Waals surface area contributed by atoms with Crippen LogP contribution in [0.5, 0.6) is 17.2 Å². The zero-order chi connectivity index (χ0) is 74.9. The summed E-state index contributed by atoms with van der Waals surface area (Å²) in [4.78, 5) is 66.0. The first-order valence-electron chi connectivity index (χ1n) is 36.0. The van der Waals surface area contributed by atoms with Crippen LogP contribution in [0.15, 0.2) is 171 Å². The minimum Gasteiger partial charge on any atom is -0.489 e. The molecule has 0 atom stereocenters. The number of aromatic carboxylic acids is 1. The summed E-state index contributed by atoms with van der Waals surface area (Å²) in [5.74, 6) is 3.97. The van der Waals surface area contributed by atoms with E-state index in [4.69, 9.17) is 102 Å². The fourth-order valence-electron chi connectivity index (χ4n) is 15.3. The molecule has 2 N–H and O–H groups in total. The zero-order valence-corrected chi connectivity index (χ0v) is 62.7. The lowest BCUT2D eigenvalue weighted by Gasteiger charge is -2.19. The number of fused-ring (bicyclic) bond motifs is 6. The minimum atomic E-state index is -1.01. The molecular formula is C84H64Cl6N6O13. The third kappa shape index (κ3) is 12.6. The van der Waals surface area contributed by atoms with Crippen molar-refractivity contribution in [1.82, 2.24) is 15.5 Å². The van der Waals surface area contributed by atoms with Gasteiger partial charge in [0.1, 0.15) is 71.4 Å². The lowest BCUT2D eigenvalue weighted by Crippen LogP contribution is -2.27. The van der Waals surface area contributed by atoms with Gasteiger partial charge in [-0.2, -0.15) is 0 Å². The third-order valence-electron chi connectivity index (χ3n) is 22.1. The van der Waals surface area contributed by atoms with Gasteiger partial charge in [-0.15, -0.1) is 0 Å². The van der Waals surface area contributed by atoms with E-state index >= 15 is 0 Å². The van der Waals surface area contributed by atoms with E-state index in [0.717, 1.165) is 145 Å². The van der Waals surface area contributed by atoms with Crippen molar-refractivity contribution < 1.29 is 61.6 Å². The summed E-state index contributed by atoms with van der Waals surface area (Å²) < 4.78 is 40.8. The number of carbonyl (C=O) groups is 5. The maximum Gasteiger partial charge on any atom is 0.337 e. The molecule has 3 amide bonds. The molecule has 0 saturated heterocycles.